The maximum Gasteiger partial charge on any atom is 0.135 e. The van der Waals surface area contributed by atoms with Gasteiger partial charge in [-0.05, 0) is 12.5 Å². The van der Waals surface area contributed by atoms with Crippen molar-refractivity contribution < 1.29 is 5.11 Å². The summed E-state index contributed by atoms with van der Waals surface area (Å²) >= 11 is 1.53. The van der Waals surface area contributed by atoms with Gasteiger partial charge in [-0.3, -0.25) is 5.41 Å². The molecule has 5 heteroatoms. The van der Waals surface area contributed by atoms with Gasteiger partial charge in [-0.1, -0.05) is 60.7 Å². The van der Waals surface area contributed by atoms with Crippen LogP contribution in [0.25, 0.3) is 16.8 Å². The summed E-state index contributed by atoms with van der Waals surface area (Å²) in [6.45, 7) is 2.98. The summed E-state index contributed by atoms with van der Waals surface area (Å²) in [7, 11) is 0. The highest BCUT2D eigenvalue weighted by atomic mass is 32.1. The Kier molecular flexibility index (Phi) is 4.31. The molecular weight excluding hydrogens is 342 g/mol. The molecule has 2 N–H and O–H groups in total. The second kappa shape index (κ2) is 6.77. The molecule has 3 aromatic rings. The van der Waals surface area contributed by atoms with Crippen molar-refractivity contribution in [2.45, 2.75) is 13.5 Å². The van der Waals surface area contributed by atoms with Crippen molar-refractivity contribution in [1.29, 1.82) is 5.41 Å². The fraction of sp³-hybridized carbons (Fsp3) is 0.143. The number of hydrogen-bond acceptors (Lipinski definition) is 4. The number of aliphatic hydroxyl groups is 1. The molecular formula is C21H19N3OS. The lowest BCUT2D eigenvalue weighted by atomic mass is 10.1. The lowest BCUT2D eigenvalue weighted by Crippen LogP contribution is -2.25. The quantitative estimate of drug-likeness (QED) is 0.696. The lowest BCUT2D eigenvalue weighted by Gasteiger charge is -2.18. The fourth-order valence-electron chi connectivity index (χ4n) is 3.16. The Hall–Kier alpha value is -2.92. The number of nitrogens with one attached hydrogen (secondary N) is 1. The van der Waals surface area contributed by atoms with Gasteiger partial charge in [-0.2, -0.15) is 0 Å². The third-order valence-electron chi connectivity index (χ3n) is 4.46. The van der Waals surface area contributed by atoms with Gasteiger partial charge in [-0.25, -0.2) is 4.98 Å². The zero-order chi connectivity index (χ0) is 18.1. The second-order valence-electron chi connectivity index (χ2n) is 6.30. The van der Waals surface area contributed by atoms with Gasteiger partial charge in [0.1, 0.15) is 16.6 Å². The third-order valence-corrected chi connectivity index (χ3v) is 5.44. The fourth-order valence-corrected chi connectivity index (χ4v) is 4.17. The highest BCUT2D eigenvalue weighted by molar-refractivity contribution is 7.13. The van der Waals surface area contributed by atoms with E-state index in [1.54, 1.807) is 0 Å². The number of rotatable bonds is 4. The van der Waals surface area contributed by atoms with Crippen LogP contribution in [0, 0.1) is 12.3 Å². The minimum absolute atomic E-state index is 0.222. The number of benzene rings is 2. The molecule has 0 saturated heterocycles. The molecule has 4 rings (SSSR count). The maximum absolute atomic E-state index is 10.5. The largest absolute Gasteiger partial charge is 0.510 e. The molecule has 1 aliphatic heterocycles. The number of aryl methyl sites for hydroxylation is 1. The van der Waals surface area contributed by atoms with Gasteiger partial charge in [0.2, 0.25) is 0 Å². The molecule has 4 nitrogen and oxygen atoms in total. The summed E-state index contributed by atoms with van der Waals surface area (Å²) in [4.78, 5) is 7.70. The molecule has 0 spiro atoms. The maximum atomic E-state index is 10.5. The van der Waals surface area contributed by atoms with Crippen LogP contribution < -0.4 is 0 Å². The first-order valence-corrected chi connectivity index (χ1v) is 9.28. The minimum atomic E-state index is 0.222. The SMILES string of the molecule is Cc1sc(C2=C(O)CN(Cc3ccccc3)C2=N)nc1-c1ccccc1. The summed E-state index contributed by atoms with van der Waals surface area (Å²) in [6.07, 6.45) is 0. The molecule has 1 aliphatic rings. The average molecular weight is 361 g/mol. The zero-order valence-corrected chi connectivity index (χ0v) is 15.3. The highest BCUT2D eigenvalue weighted by Gasteiger charge is 2.30. The van der Waals surface area contributed by atoms with Crippen LogP contribution in [0.3, 0.4) is 0 Å². The highest BCUT2D eigenvalue weighted by Crippen LogP contribution is 2.35. The Morgan fingerprint density at radius 3 is 2.42 bits per heavy atom. The van der Waals surface area contributed by atoms with E-state index < -0.39 is 0 Å². The van der Waals surface area contributed by atoms with Crippen LogP contribution in [-0.2, 0) is 6.54 Å². The first kappa shape index (κ1) is 16.5. The Bertz CT molecular complexity index is 977. The van der Waals surface area contributed by atoms with E-state index in [4.69, 9.17) is 10.4 Å². The molecule has 0 radical (unpaired) electrons. The Labute approximate surface area is 156 Å². The number of aliphatic hydroxyl groups excluding tert-OH is 1. The van der Waals surface area contributed by atoms with E-state index in [2.05, 4.69) is 0 Å². The first-order chi connectivity index (χ1) is 12.6. The van der Waals surface area contributed by atoms with Crippen LogP contribution in [0.1, 0.15) is 15.4 Å². The number of nitrogens with zero attached hydrogens (tertiary/aromatic N) is 2. The van der Waals surface area contributed by atoms with Gasteiger partial charge in [0.15, 0.2) is 0 Å². The number of aromatic nitrogens is 1. The van der Waals surface area contributed by atoms with Gasteiger partial charge in [0.25, 0.3) is 0 Å². The van der Waals surface area contributed by atoms with Crippen LogP contribution in [0.5, 0.6) is 0 Å². The van der Waals surface area contributed by atoms with Gasteiger partial charge < -0.3 is 10.0 Å². The topological polar surface area (TPSA) is 60.2 Å². The van der Waals surface area contributed by atoms with Crippen LogP contribution in [-0.4, -0.2) is 27.4 Å². The van der Waals surface area contributed by atoms with E-state index >= 15 is 0 Å². The van der Waals surface area contributed by atoms with Gasteiger partial charge in [-0.15, -0.1) is 11.3 Å². The predicted molar refractivity (Wildman–Crippen MR) is 106 cm³/mol. The first-order valence-electron chi connectivity index (χ1n) is 8.46. The molecule has 0 unspecified atom stereocenters. The molecule has 2 aromatic carbocycles. The predicted octanol–water partition coefficient (Wildman–Crippen LogP) is 4.88. The molecule has 2 heterocycles. The number of amidine groups is 1. The molecule has 0 bridgehead atoms. The van der Waals surface area contributed by atoms with E-state index in [0.29, 0.717) is 29.5 Å². The van der Waals surface area contributed by atoms with Crippen molar-refractivity contribution >= 4 is 22.7 Å². The molecule has 0 atom stereocenters. The summed E-state index contributed by atoms with van der Waals surface area (Å²) in [5.41, 5.74) is 3.64. The molecule has 26 heavy (non-hydrogen) atoms. The van der Waals surface area contributed by atoms with Gasteiger partial charge in [0.05, 0.1) is 17.8 Å². The second-order valence-corrected chi connectivity index (χ2v) is 7.50. The zero-order valence-electron chi connectivity index (χ0n) is 14.4. The Morgan fingerprint density at radius 1 is 1.08 bits per heavy atom. The molecule has 1 aromatic heterocycles. The Balaban J connectivity index is 1.62. The van der Waals surface area contributed by atoms with E-state index in [-0.39, 0.29) is 5.76 Å². The summed E-state index contributed by atoms with van der Waals surface area (Å²) in [6, 6.07) is 20.0. The summed E-state index contributed by atoms with van der Waals surface area (Å²) in [5.74, 6) is 0.555. The van der Waals surface area contributed by atoms with E-state index in [1.165, 1.54) is 11.3 Å². The number of hydrogen-bond donors (Lipinski definition) is 2. The van der Waals surface area contributed by atoms with Crippen LogP contribution in [0.2, 0.25) is 0 Å². The van der Waals surface area contributed by atoms with Crippen LogP contribution >= 0.6 is 11.3 Å². The summed E-state index contributed by atoms with van der Waals surface area (Å²) in [5, 5.41) is 19.7. The van der Waals surface area contributed by atoms with Crippen molar-refractivity contribution in [2.75, 3.05) is 6.54 Å². The lowest BCUT2D eigenvalue weighted by molar-refractivity contribution is 0.347. The van der Waals surface area contributed by atoms with Crippen molar-refractivity contribution in [1.82, 2.24) is 9.88 Å². The molecule has 0 aliphatic carbocycles. The van der Waals surface area contributed by atoms with E-state index in [0.717, 1.165) is 21.7 Å². The van der Waals surface area contributed by atoms with Gasteiger partial charge >= 0.3 is 0 Å². The number of thiazole rings is 1. The third kappa shape index (κ3) is 3.02. The molecule has 130 valence electrons. The van der Waals surface area contributed by atoms with Crippen LogP contribution in [0.15, 0.2) is 66.4 Å². The summed E-state index contributed by atoms with van der Waals surface area (Å²) < 4.78 is 0. The molecule has 0 saturated carbocycles. The molecule has 0 fully saturated rings. The monoisotopic (exact) mass is 361 g/mol. The van der Waals surface area contributed by atoms with Crippen molar-refractivity contribution in [2.24, 2.45) is 0 Å². The average Bonchev–Trinajstić information content (AvgIpc) is 3.16. The van der Waals surface area contributed by atoms with E-state index in [1.807, 2.05) is 72.5 Å². The standard InChI is InChI=1S/C21H19N3OS/c1-14-19(16-10-6-3-7-11-16)23-21(26-14)18-17(25)13-24(20(18)22)12-15-8-4-2-5-9-15/h2-11,22,25H,12-13H2,1H3. The normalized spacial score (nSPS) is 14.3. The smallest absolute Gasteiger partial charge is 0.135 e. The van der Waals surface area contributed by atoms with Crippen molar-refractivity contribution in [3.63, 3.8) is 0 Å². The van der Waals surface area contributed by atoms with E-state index in [9.17, 15) is 5.11 Å². The van der Waals surface area contributed by atoms with Crippen molar-refractivity contribution in [3.05, 3.63) is 81.9 Å². The molecule has 0 amide bonds. The van der Waals surface area contributed by atoms with Gasteiger partial charge in [0, 0.05) is 17.0 Å². The Morgan fingerprint density at radius 2 is 1.73 bits per heavy atom. The minimum Gasteiger partial charge on any atom is -0.510 e. The van der Waals surface area contributed by atoms with Crippen LogP contribution in [0.4, 0.5) is 0 Å². The van der Waals surface area contributed by atoms with Crippen molar-refractivity contribution in [3.8, 4) is 11.3 Å².